The van der Waals surface area contributed by atoms with Gasteiger partial charge in [-0.3, -0.25) is 4.79 Å². The average molecular weight is 365 g/mol. The Morgan fingerprint density at radius 3 is 2.48 bits per heavy atom. The molecule has 1 amide bonds. The van der Waals surface area contributed by atoms with Gasteiger partial charge in [-0.15, -0.1) is 0 Å². The maximum Gasteiger partial charge on any atom is 0.240 e. The van der Waals surface area contributed by atoms with Crippen molar-refractivity contribution in [2.24, 2.45) is 11.7 Å². The normalized spacial score (nSPS) is 23.6. The second-order valence-corrected chi connectivity index (χ2v) is 8.85. The Labute approximate surface area is 149 Å². The fourth-order valence-corrected chi connectivity index (χ4v) is 4.67. The van der Waals surface area contributed by atoms with Gasteiger partial charge in [-0.2, -0.15) is 0 Å². The predicted molar refractivity (Wildman–Crippen MR) is 96.4 cm³/mol. The zero-order valence-corrected chi connectivity index (χ0v) is 15.2. The van der Waals surface area contributed by atoms with Crippen molar-refractivity contribution in [3.63, 3.8) is 0 Å². The van der Waals surface area contributed by atoms with Gasteiger partial charge in [0.15, 0.2) is 0 Å². The Morgan fingerprint density at radius 1 is 1.12 bits per heavy atom. The molecule has 2 aliphatic carbocycles. The van der Waals surface area contributed by atoms with E-state index in [0.29, 0.717) is 25.3 Å². The molecule has 1 aromatic rings. The first-order valence-electron chi connectivity index (χ1n) is 9.08. The van der Waals surface area contributed by atoms with Crippen LogP contribution < -0.4 is 15.8 Å². The third-order valence-electron chi connectivity index (χ3n) is 5.08. The first-order valence-corrected chi connectivity index (χ1v) is 10.6. The van der Waals surface area contributed by atoms with E-state index in [0.717, 1.165) is 37.7 Å². The van der Waals surface area contributed by atoms with Crippen LogP contribution in [0.5, 0.6) is 0 Å². The summed E-state index contributed by atoms with van der Waals surface area (Å²) in [4.78, 5) is 12.4. The number of benzene rings is 1. The van der Waals surface area contributed by atoms with Gasteiger partial charge in [0.2, 0.25) is 15.9 Å². The molecule has 2 atom stereocenters. The molecule has 2 saturated carbocycles. The van der Waals surface area contributed by atoms with Crippen LogP contribution >= 0.6 is 0 Å². The number of nitrogens with one attached hydrogen (secondary N) is 2. The third kappa shape index (κ3) is 5.03. The second-order valence-electron chi connectivity index (χ2n) is 7.14. The summed E-state index contributed by atoms with van der Waals surface area (Å²) in [7, 11) is -3.41. The molecule has 0 saturated heterocycles. The molecule has 0 aromatic heterocycles. The standard InChI is InChI=1S/C18H27N3O3S/c19-12-14-2-1-3-17(14)20-18(22)11-6-13-4-9-16(10-5-13)25(23,24)21-15-7-8-15/h4-5,9-10,14-15,17,21H,1-3,6-8,11-12,19H2,(H,20,22). The Balaban J connectivity index is 1.49. The van der Waals surface area contributed by atoms with Crippen molar-refractivity contribution in [2.75, 3.05) is 6.54 Å². The molecule has 0 heterocycles. The number of aryl methyl sites for hydroxylation is 1. The van der Waals surface area contributed by atoms with Gasteiger partial charge < -0.3 is 11.1 Å². The first kappa shape index (κ1) is 18.4. The van der Waals surface area contributed by atoms with E-state index in [4.69, 9.17) is 5.73 Å². The van der Waals surface area contributed by atoms with Gasteiger partial charge in [0.1, 0.15) is 0 Å². The van der Waals surface area contributed by atoms with Crippen molar-refractivity contribution < 1.29 is 13.2 Å². The fourth-order valence-electron chi connectivity index (χ4n) is 3.37. The van der Waals surface area contributed by atoms with E-state index < -0.39 is 10.0 Å². The molecule has 138 valence electrons. The lowest BCUT2D eigenvalue weighted by atomic mass is 10.0. The molecule has 25 heavy (non-hydrogen) atoms. The monoisotopic (exact) mass is 365 g/mol. The van der Waals surface area contributed by atoms with Crippen LogP contribution in [0.15, 0.2) is 29.2 Å². The number of sulfonamides is 1. The number of amides is 1. The Morgan fingerprint density at radius 2 is 1.84 bits per heavy atom. The van der Waals surface area contributed by atoms with E-state index in [-0.39, 0.29) is 22.9 Å². The summed E-state index contributed by atoms with van der Waals surface area (Å²) in [5.41, 5.74) is 6.70. The molecule has 1 aromatic carbocycles. The Kier molecular flexibility index (Phi) is 5.76. The summed E-state index contributed by atoms with van der Waals surface area (Å²) in [6, 6.07) is 7.10. The van der Waals surface area contributed by atoms with Crippen LogP contribution in [0.2, 0.25) is 0 Å². The zero-order chi connectivity index (χ0) is 17.9. The van der Waals surface area contributed by atoms with Gasteiger partial charge in [-0.25, -0.2) is 13.1 Å². The maximum absolute atomic E-state index is 12.1. The summed E-state index contributed by atoms with van der Waals surface area (Å²) in [6.07, 6.45) is 6.05. The van der Waals surface area contributed by atoms with Crippen molar-refractivity contribution >= 4 is 15.9 Å². The SMILES string of the molecule is NCC1CCCC1NC(=O)CCc1ccc(S(=O)(=O)NC2CC2)cc1. The van der Waals surface area contributed by atoms with Crippen LogP contribution in [-0.4, -0.2) is 33.0 Å². The van der Waals surface area contributed by atoms with Gasteiger partial charge in [0.05, 0.1) is 4.90 Å². The topological polar surface area (TPSA) is 101 Å². The summed E-state index contributed by atoms with van der Waals surface area (Å²) in [6.45, 7) is 0.621. The van der Waals surface area contributed by atoms with E-state index in [1.165, 1.54) is 0 Å². The van der Waals surface area contributed by atoms with E-state index in [9.17, 15) is 13.2 Å². The van der Waals surface area contributed by atoms with Crippen LogP contribution in [0.3, 0.4) is 0 Å². The highest BCUT2D eigenvalue weighted by Gasteiger charge is 2.28. The largest absolute Gasteiger partial charge is 0.353 e. The molecule has 0 radical (unpaired) electrons. The molecule has 4 N–H and O–H groups in total. The molecule has 6 nitrogen and oxygen atoms in total. The summed E-state index contributed by atoms with van der Waals surface area (Å²) >= 11 is 0. The van der Waals surface area contributed by atoms with Crippen LogP contribution in [0.25, 0.3) is 0 Å². The van der Waals surface area contributed by atoms with Gasteiger partial charge in [0, 0.05) is 18.5 Å². The smallest absolute Gasteiger partial charge is 0.240 e. The molecule has 2 unspecified atom stereocenters. The van der Waals surface area contributed by atoms with Gasteiger partial charge in [-0.1, -0.05) is 18.6 Å². The van der Waals surface area contributed by atoms with Crippen molar-refractivity contribution in [2.45, 2.75) is 61.9 Å². The fraction of sp³-hybridized carbons (Fsp3) is 0.611. The first-order chi connectivity index (χ1) is 12.0. The number of hydrogen-bond donors (Lipinski definition) is 3. The van der Waals surface area contributed by atoms with Crippen LogP contribution in [-0.2, 0) is 21.2 Å². The van der Waals surface area contributed by atoms with Crippen LogP contribution in [0.1, 0.15) is 44.1 Å². The minimum Gasteiger partial charge on any atom is -0.353 e. The average Bonchev–Trinajstić information content (AvgIpc) is 3.28. The lowest BCUT2D eigenvalue weighted by Gasteiger charge is -2.19. The number of rotatable bonds is 8. The minimum absolute atomic E-state index is 0.0393. The third-order valence-corrected chi connectivity index (χ3v) is 6.62. The zero-order valence-electron chi connectivity index (χ0n) is 14.4. The summed E-state index contributed by atoms with van der Waals surface area (Å²) < 4.78 is 26.9. The minimum atomic E-state index is -3.41. The van der Waals surface area contributed by atoms with Crippen molar-refractivity contribution in [1.29, 1.82) is 0 Å². The van der Waals surface area contributed by atoms with Crippen molar-refractivity contribution in [3.05, 3.63) is 29.8 Å². The van der Waals surface area contributed by atoms with Crippen molar-refractivity contribution in [3.8, 4) is 0 Å². The maximum atomic E-state index is 12.1. The number of carbonyl (C=O) groups is 1. The summed E-state index contributed by atoms with van der Waals surface area (Å²) in [5, 5.41) is 3.09. The van der Waals surface area contributed by atoms with Gasteiger partial charge in [-0.05, 0) is 62.3 Å². The second kappa shape index (κ2) is 7.85. The Bertz CT molecular complexity index is 699. The van der Waals surface area contributed by atoms with E-state index in [2.05, 4.69) is 10.0 Å². The molecule has 0 bridgehead atoms. The van der Waals surface area contributed by atoms with E-state index in [1.807, 2.05) is 0 Å². The summed E-state index contributed by atoms with van der Waals surface area (Å²) in [5.74, 6) is 0.435. The highest BCUT2D eigenvalue weighted by molar-refractivity contribution is 7.89. The van der Waals surface area contributed by atoms with E-state index >= 15 is 0 Å². The highest BCUT2D eigenvalue weighted by atomic mass is 32.2. The van der Waals surface area contributed by atoms with E-state index in [1.54, 1.807) is 24.3 Å². The highest BCUT2D eigenvalue weighted by Crippen LogP contribution is 2.25. The molecular weight excluding hydrogens is 338 g/mol. The Hall–Kier alpha value is -1.44. The molecule has 2 fully saturated rings. The lowest BCUT2D eigenvalue weighted by Crippen LogP contribution is -2.39. The molecule has 3 rings (SSSR count). The van der Waals surface area contributed by atoms with Crippen LogP contribution in [0, 0.1) is 5.92 Å². The van der Waals surface area contributed by atoms with Crippen LogP contribution in [0.4, 0.5) is 0 Å². The molecule has 0 spiro atoms. The number of carbonyl (C=O) groups excluding carboxylic acids is 1. The van der Waals surface area contributed by atoms with Crippen molar-refractivity contribution in [1.82, 2.24) is 10.0 Å². The molecular formula is C18H27N3O3S. The number of hydrogen-bond acceptors (Lipinski definition) is 4. The molecule has 7 heteroatoms. The number of nitrogens with two attached hydrogens (primary N) is 1. The quantitative estimate of drug-likeness (QED) is 0.646. The predicted octanol–water partition coefficient (Wildman–Crippen LogP) is 1.30. The van der Waals surface area contributed by atoms with Gasteiger partial charge in [0.25, 0.3) is 0 Å². The molecule has 0 aliphatic heterocycles. The lowest BCUT2D eigenvalue weighted by molar-refractivity contribution is -0.122. The van der Waals surface area contributed by atoms with Gasteiger partial charge >= 0.3 is 0 Å². The molecule has 2 aliphatic rings.